The summed E-state index contributed by atoms with van der Waals surface area (Å²) in [5.74, 6) is 0.491. The lowest BCUT2D eigenvalue weighted by Gasteiger charge is -2.34. The average Bonchev–Trinajstić information content (AvgIpc) is 3.37. The molecule has 0 bridgehead atoms. The van der Waals surface area contributed by atoms with Crippen LogP contribution in [0.4, 0.5) is 0 Å². The van der Waals surface area contributed by atoms with Gasteiger partial charge in [-0.05, 0) is 86.1 Å². The molecular formula is C40H36O5. The second-order valence-electron chi connectivity index (χ2n) is 11.2. The van der Waals surface area contributed by atoms with E-state index in [9.17, 15) is 4.79 Å². The van der Waals surface area contributed by atoms with Gasteiger partial charge in [0.25, 0.3) is 0 Å². The van der Waals surface area contributed by atoms with Crippen LogP contribution in [0.2, 0.25) is 0 Å². The van der Waals surface area contributed by atoms with E-state index in [0.717, 1.165) is 11.1 Å². The smallest absolute Gasteiger partial charge is 0.304 e. The van der Waals surface area contributed by atoms with Gasteiger partial charge in [-0.15, -0.1) is 0 Å². The Labute approximate surface area is 264 Å². The Morgan fingerprint density at radius 3 is 1.67 bits per heavy atom. The molecule has 6 aromatic carbocycles. The molecule has 0 aliphatic heterocycles. The Morgan fingerprint density at radius 2 is 1.11 bits per heavy atom. The number of benzene rings is 6. The fourth-order valence-corrected chi connectivity index (χ4v) is 6.44. The van der Waals surface area contributed by atoms with Crippen molar-refractivity contribution < 1.29 is 23.7 Å². The van der Waals surface area contributed by atoms with Gasteiger partial charge < -0.3 is 18.9 Å². The number of aryl methyl sites for hydroxylation is 1. The van der Waals surface area contributed by atoms with Gasteiger partial charge >= 0.3 is 5.97 Å². The summed E-state index contributed by atoms with van der Waals surface area (Å²) in [6.07, 6.45) is 0. The molecule has 0 aromatic heterocycles. The lowest BCUT2D eigenvalue weighted by Crippen LogP contribution is -2.28. The Kier molecular flexibility index (Phi) is 8.65. The Bertz CT molecular complexity index is 1950. The van der Waals surface area contributed by atoms with Gasteiger partial charge in [-0.2, -0.15) is 0 Å². The Morgan fingerprint density at radius 1 is 0.600 bits per heavy atom. The van der Waals surface area contributed by atoms with Gasteiger partial charge in [0.05, 0.1) is 5.41 Å². The lowest BCUT2D eigenvalue weighted by atomic mass is 9.67. The molecule has 0 unspecified atom stereocenters. The maximum absolute atomic E-state index is 9.90. The van der Waals surface area contributed by atoms with Crippen LogP contribution in [-0.4, -0.2) is 33.8 Å². The van der Waals surface area contributed by atoms with E-state index in [1.54, 1.807) is 7.11 Å². The molecule has 6 aromatic rings. The third-order valence-electron chi connectivity index (χ3n) is 8.35. The van der Waals surface area contributed by atoms with Crippen LogP contribution in [0.25, 0.3) is 32.7 Å². The van der Waals surface area contributed by atoms with E-state index >= 15 is 0 Å². The minimum atomic E-state index is -0.425. The van der Waals surface area contributed by atoms with E-state index in [-0.39, 0.29) is 19.6 Å². The topological polar surface area (TPSA) is 54.0 Å². The largest absolute Gasteiger partial charge is 0.468 e. The summed E-state index contributed by atoms with van der Waals surface area (Å²) in [5.41, 5.74) is 8.65. The molecular weight excluding hydrogens is 560 g/mol. The zero-order valence-electron chi connectivity index (χ0n) is 26.0. The highest BCUT2D eigenvalue weighted by atomic mass is 16.7. The molecule has 5 heteroatoms. The predicted molar refractivity (Wildman–Crippen MR) is 180 cm³/mol. The first kappa shape index (κ1) is 30.1. The van der Waals surface area contributed by atoms with Gasteiger partial charge in [-0.1, -0.05) is 103 Å². The SMILES string of the molecule is COCOC(C)=O.COCOc1ccc2cc(C3(c4ccc5cc(C)ccc5c4)c4ccccc4-c4ccccc43)ccc2c1. The van der Waals surface area contributed by atoms with Gasteiger partial charge in [0.15, 0.2) is 13.6 Å². The third kappa shape index (κ3) is 5.68. The van der Waals surface area contributed by atoms with Crippen LogP contribution >= 0.6 is 0 Å². The van der Waals surface area contributed by atoms with E-state index in [4.69, 9.17) is 9.47 Å². The third-order valence-corrected chi connectivity index (χ3v) is 8.35. The van der Waals surface area contributed by atoms with E-state index in [2.05, 4.69) is 132 Å². The highest BCUT2D eigenvalue weighted by molar-refractivity contribution is 5.92. The summed E-state index contributed by atoms with van der Waals surface area (Å²) in [6.45, 7) is 3.77. The molecule has 0 saturated carbocycles. The van der Waals surface area contributed by atoms with Gasteiger partial charge in [0.1, 0.15) is 5.75 Å². The van der Waals surface area contributed by atoms with Crippen molar-refractivity contribution in [2.75, 3.05) is 27.8 Å². The molecule has 7 rings (SSSR count). The first-order valence-corrected chi connectivity index (χ1v) is 14.9. The number of fused-ring (bicyclic) bond motifs is 5. The molecule has 0 saturated heterocycles. The number of carbonyl (C=O) groups is 1. The van der Waals surface area contributed by atoms with Crippen molar-refractivity contribution in [1.29, 1.82) is 0 Å². The molecule has 45 heavy (non-hydrogen) atoms. The first-order valence-electron chi connectivity index (χ1n) is 14.9. The van der Waals surface area contributed by atoms with E-state index < -0.39 is 5.41 Å². The van der Waals surface area contributed by atoms with Crippen LogP contribution in [0, 0.1) is 6.92 Å². The lowest BCUT2D eigenvalue weighted by molar-refractivity contribution is -0.151. The van der Waals surface area contributed by atoms with Crippen molar-refractivity contribution in [3.8, 4) is 16.9 Å². The second-order valence-corrected chi connectivity index (χ2v) is 11.2. The molecule has 0 spiro atoms. The predicted octanol–water partition coefficient (Wildman–Crippen LogP) is 8.80. The molecule has 0 atom stereocenters. The molecule has 0 heterocycles. The van der Waals surface area contributed by atoms with E-state index in [1.165, 1.54) is 69.1 Å². The number of esters is 1. The van der Waals surface area contributed by atoms with Gasteiger partial charge in [0.2, 0.25) is 0 Å². The summed E-state index contributed by atoms with van der Waals surface area (Å²) in [5, 5.41) is 4.86. The minimum Gasteiger partial charge on any atom is -0.468 e. The number of carbonyl (C=O) groups excluding carboxylic acids is 1. The van der Waals surface area contributed by atoms with Crippen LogP contribution in [0.3, 0.4) is 0 Å². The van der Waals surface area contributed by atoms with Gasteiger partial charge in [-0.25, -0.2) is 0 Å². The summed E-state index contributed by atoms with van der Waals surface area (Å²) in [4.78, 5) is 9.90. The molecule has 0 amide bonds. The zero-order chi connectivity index (χ0) is 31.4. The molecule has 0 radical (unpaired) electrons. The summed E-state index contributed by atoms with van der Waals surface area (Å²) in [7, 11) is 3.10. The fraction of sp³-hybridized carbons (Fsp3) is 0.175. The normalized spacial score (nSPS) is 12.6. The fourth-order valence-electron chi connectivity index (χ4n) is 6.44. The highest BCUT2D eigenvalue weighted by Crippen LogP contribution is 2.56. The quantitative estimate of drug-likeness (QED) is 0.136. The Balaban J connectivity index is 0.000000460. The summed E-state index contributed by atoms with van der Waals surface area (Å²) in [6, 6.07) is 44.6. The highest BCUT2D eigenvalue weighted by Gasteiger charge is 2.46. The number of ether oxygens (including phenoxy) is 4. The van der Waals surface area contributed by atoms with E-state index in [1.807, 2.05) is 6.07 Å². The van der Waals surface area contributed by atoms with Crippen molar-refractivity contribution in [3.05, 3.63) is 149 Å². The maximum Gasteiger partial charge on any atom is 0.304 e. The number of rotatable bonds is 7. The molecule has 226 valence electrons. The van der Waals surface area contributed by atoms with Crippen LogP contribution < -0.4 is 4.74 Å². The molecule has 1 aliphatic rings. The number of methoxy groups -OCH3 is 2. The second kappa shape index (κ2) is 12.9. The van der Waals surface area contributed by atoms with Gasteiger partial charge in [0, 0.05) is 21.1 Å². The molecule has 0 fully saturated rings. The molecule has 1 aliphatic carbocycles. The summed E-state index contributed by atoms with van der Waals surface area (Å²) < 4.78 is 19.5. The van der Waals surface area contributed by atoms with Crippen molar-refractivity contribution in [3.63, 3.8) is 0 Å². The maximum atomic E-state index is 9.90. The van der Waals surface area contributed by atoms with Crippen molar-refractivity contribution in [2.24, 2.45) is 0 Å². The van der Waals surface area contributed by atoms with E-state index in [0.29, 0.717) is 0 Å². The van der Waals surface area contributed by atoms with Gasteiger partial charge in [-0.3, -0.25) is 4.79 Å². The minimum absolute atomic E-state index is 0.0509. The average molecular weight is 597 g/mol. The monoisotopic (exact) mass is 596 g/mol. The number of hydrogen-bond acceptors (Lipinski definition) is 5. The summed E-state index contributed by atoms with van der Waals surface area (Å²) >= 11 is 0. The van der Waals surface area contributed by atoms with Crippen molar-refractivity contribution >= 4 is 27.5 Å². The first-order chi connectivity index (χ1) is 21.9. The van der Waals surface area contributed by atoms with Crippen LogP contribution in [0.1, 0.15) is 34.7 Å². The zero-order valence-corrected chi connectivity index (χ0v) is 26.0. The standard InChI is InChI=1S/C36H28O2.C4H8O3/c1-24-11-12-26-20-29(16-13-25(26)19-24)36(34-9-5-3-7-32(34)33-8-4-6-10-35(33)36)30-17-14-28-22-31(38-23-37-2)18-15-27(28)21-30;1-4(5)7-3-6-2/h3-22H,23H2,1-2H3;3H2,1-2H3. The molecule has 0 N–H and O–H groups in total. The molecule has 5 nitrogen and oxygen atoms in total. The van der Waals surface area contributed by atoms with Crippen molar-refractivity contribution in [1.82, 2.24) is 0 Å². The Hall–Kier alpha value is -4.97. The van der Waals surface area contributed by atoms with Crippen LogP contribution in [0.15, 0.2) is 121 Å². The van der Waals surface area contributed by atoms with Crippen LogP contribution in [-0.2, 0) is 24.4 Å². The number of hydrogen-bond donors (Lipinski definition) is 0. The van der Waals surface area contributed by atoms with Crippen molar-refractivity contribution in [2.45, 2.75) is 19.3 Å². The van der Waals surface area contributed by atoms with Crippen LogP contribution in [0.5, 0.6) is 5.75 Å².